The molecule has 0 aliphatic heterocycles. The number of nitriles is 1. The minimum atomic E-state index is -0.306. The van der Waals surface area contributed by atoms with Crippen molar-refractivity contribution in [2.45, 2.75) is 51.6 Å². The SMILES string of the molecule is CCCCCCCC(C#N)Oc1ccccc1. The van der Waals surface area contributed by atoms with Crippen LogP contribution in [0.4, 0.5) is 0 Å². The molecule has 17 heavy (non-hydrogen) atoms. The molecule has 1 aromatic rings. The molecule has 0 aromatic heterocycles. The third kappa shape index (κ3) is 5.97. The quantitative estimate of drug-likeness (QED) is 0.624. The first-order chi connectivity index (χ1) is 8.36. The van der Waals surface area contributed by atoms with Crippen LogP contribution in [-0.4, -0.2) is 6.10 Å². The van der Waals surface area contributed by atoms with Gasteiger partial charge in [0, 0.05) is 0 Å². The van der Waals surface area contributed by atoms with Crippen LogP contribution >= 0.6 is 0 Å². The van der Waals surface area contributed by atoms with Crippen molar-refractivity contribution in [1.82, 2.24) is 0 Å². The highest BCUT2D eigenvalue weighted by molar-refractivity contribution is 5.21. The standard InChI is InChI=1S/C15H21NO/c1-2-3-4-5-7-12-15(13-16)17-14-10-8-6-9-11-14/h6,8-11,15H,2-5,7,12H2,1H3. The fourth-order valence-electron chi connectivity index (χ4n) is 1.75. The lowest BCUT2D eigenvalue weighted by Crippen LogP contribution is -2.13. The van der Waals surface area contributed by atoms with Crippen molar-refractivity contribution in [1.29, 1.82) is 5.26 Å². The van der Waals surface area contributed by atoms with Gasteiger partial charge in [-0.2, -0.15) is 5.26 Å². The van der Waals surface area contributed by atoms with Crippen LogP contribution < -0.4 is 4.74 Å². The maximum Gasteiger partial charge on any atom is 0.184 e. The van der Waals surface area contributed by atoms with Gasteiger partial charge in [0.25, 0.3) is 0 Å². The molecule has 0 radical (unpaired) electrons. The van der Waals surface area contributed by atoms with Gasteiger partial charge in [-0.15, -0.1) is 0 Å². The van der Waals surface area contributed by atoms with Crippen LogP contribution in [-0.2, 0) is 0 Å². The number of para-hydroxylation sites is 1. The second-order valence-electron chi connectivity index (χ2n) is 4.25. The molecule has 0 saturated heterocycles. The van der Waals surface area contributed by atoms with Crippen molar-refractivity contribution < 1.29 is 4.74 Å². The Morgan fingerprint density at radius 2 is 1.82 bits per heavy atom. The Hall–Kier alpha value is -1.49. The van der Waals surface area contributed by atoms with Crippen molar-refractivity contribution >= 4 is 0 Å². The fourth-order valence-corrected chi connectivity index (χ4v) is 1.75. The maximum atomic E-state index is 9.02. The zero-order valence-corrected chi connectivity index (χ0v) is 10.6. The van der Waals surface area contributed by atoms with Crippen LogP contribution in [0.2, 0.25) is 0 Å². The molecule has 0 N–H and O–H groups in total. The predicted octanol–water partition coefficient (Wildman–Crippen LogP) is 4.32. The smallest absolute Gasteiger partial charge is 0.184 e. The van der Waals surface area contributed by atoms with E-state index in [2.05, 4.69) is 13.0 Å². The van der Waals surface area contributed by atoms with Crippen molar-refractivity contribution in [3.05, 3.63) is 30.3 Å². The number of ether oxygens (including phenoxy) is 1. The van der Waals surface area contributed by atoms with E-state index in [1.165, 1.54) is 25.7 Å². The molecule has 0 heterocycles. The highest BCUT2D eigenvalue weighted by Crippen LogP contribution is 2.14. The molecule has 0 bridgehead atoms. The van der Waals surface area contributed by atoms with Crippen LogP contribution in [0.25, 0.3) is 0 Å². The molecule has 1 atom stereocenters. The van der Waals surface area contributed by atoms with Crippen molar-refractivity contribution in [2.75, 3.05) is 0 Å². The van der Waals surface area contributed by atoms with Gasteiger partial charge in [-0.3, -0.25) is 0 Å². The summed E-state index contributed by atoms with van der Waals surface area (Å²) in [7, 11) is 0. The molecule has 1 unspecified atom stereocenters. The van der Waals surface area contributed by atoms with E-state index in [0.29, 0.717) is 0 Å². The van der Waals surface area contributed by atoms with Gasteiger partial charge in [-0.05, 0) is 25.0 Å². The number of nitrogens with zero attached hydrogens (tertiary/aromatic N) is 1. The van der Waals surface area contributed by atoms with Crippen LogP contribution in [0.3, 0.4) is 0 Å². The Balaban J connectivity index is 2.23. The largest absolute Gasteiger partial charge is 0.476 e. The zero-order chi connectivity index (χ0) is 12.3. The lowest BCUT2D eigenvalue weighted by Gasteiger charge is -2.11. The molecule has 0 aliphatic carbocycles. The fraction of sp³-hybridized carbons (Fsp3) is 0.533. The molecule has 1 aromatic carbocycles. The molecular formula is C15H21NO. The van der Waals surface area contributed by atoms with Gasteiger partial charge in [-0.1, -0.05) is 50.8 Å². The van der Waals surface area contributed by atoms with Gasteiger partial charge < -0.3 is 4.74 Å². The first-order valence-corrected chi connectivity index (χ1v) is 6.48. The van der Waals surface area contributed by atoms with E-state index < -0.39 is 0 Å². The zero-order valence-electron chi connectivity index (χ0n) is 10.6. The normalized spacial score (nSPS) is 11.8. The molecule has 92 valence electrons. The van der Waals surface area contributed by atoms with Gasteiger partial charge in [0.1, 0.15) is 11.8 Å². The first-order valence-electron chi connectivity index (χ1n) is 6.48. The Labute approximate surface area is 104 Å². The Bertz CT molecular complexity index is 329. The number of rotatable bonds is 8. The van der Waals surface area contributed by atoms with Gasteiger partial charge in [0.05, 0.1) is 0 Å². The highest BCUT2D eigenvalue weighted by atomic mass is 16.5. The van der Waals surface area contributed by atoms with Gasteiger partial charge in [0.15, 0.2) is 6.10 Å². The third-order valence-corrected chi connectivity index (χ3v) is 2.74. The molecular weight excluding hydrogens is 210 g/mol. The van der Waals surface area contributed by atoms with Gasteiger partial charge >= 0.3 is 0 Å². The van der Waals surface area contributed by atoms with E-state index in [1.54, 1.807) is 0 Å². The van der Waals surface area contributed by atoms with Gasteiger partial charge in [-0.25, -0.2) is 0 Å². The maximum absolute atomic E-state index is 9.02. The van der Waals surface area contributed by atoms with E-state index in [1.807, 2.05) is 30.3 Å². The summed E-state index contributed by atoms with van der Waals surface area (Å²) in [5.41, 5.74) is 0. The lowest BCUT2D eigenvalue weighted by molar-refractivity contribution is 0.240. The van der Waals surface area contributed by atoms with Crippen molar-refractivity contribution in [3.8, 4) is 11.8 Å². The number of hydrogen-bond donors (Lipinski definition) is 0. The number of unbranched alkanes of at least 4 members (excludes halogenated alkanes) is 4. The van der Waals surface area contributed by atoms with Crippen molar-refractivity contribution in [2.24, 2.45) is 0 Å². The molecule has 1 rings (SSSR count). The molecule has 0 spiro atoms. The lowest BCUT2D eigenvalue weighted by atomic mass is 10.1. The molecule has 2 heteroatoms. The summed E-state index contributed by atoms with van der Waals surface area (Å²) < 4.78 is 5.61. The number of benzene rings is 1. The topological polar surface area (TPSA) is 33.0 Å². The van der Waals surface area contributed by atoms with E-state index in [0.717, 1.165) is 18.6 Å². The Kier molecular flexibility index (Phi) is 6.90. The van der Waals surface area contributed by atoms with E-state index in [-0.39, 0.29) is 6.10 Å². The minimum absolute atomic E-state index is 0.306. The summed E-state index contributed by atoms with van der Waals surface area (Å²) in [5.74, 6) is 0.785. The molecule has 0 fully saturated rings. The number of hydrogen-bond acceptors (Lipinski definition) is 2. The van der Waals surface area contributed by atoms with Crippen LogP contribution in [0.1, 0.15) is 45.4 Å². The predicted molar refractivity (Wildman–Crippen MR) is 69.8 cm³/mol. The minimum Gasteiger partial charge on any atom is -0.476 e. The summed E-state index contributed by atoms with van der Waals surface area (Å²) in [6.07, 6.45) is 6.60. The second-order valence-corrected chi connectivity index (χ2v) is 4.25. The summed E-state index contributed by atoms with van der Waals surface area (Å²) in [5, 5.41) is 9.02. The van der Waals surface area contributed by atoms with E-state index in [4.69, 9.17) is 10.00 Å². The van der Waals surface area contributed by atoms with E-state index >= 15 is 0 Å². The van der Waals surface area contributed by atoms with E-state index in [9.17, 15) is 0 Å². The van der Waals surface area contributed by atoms with Crippen LogP contribution in [0, 0.1) is 11.3 Å². The van der Waals surface area contributed by atoms with Crippen LogP contribution in [0.15, 0.2) is 30.3 Å². The average molecular weight is 231 g/mol. The first kappa shape index (κ1) is 13.6. The Morgan fingerprint density at radius 1 is 1.12 bits per heavy atom. The monoisotopic (exact) mass is 231 g/mol. The summed E-state index contributed by atoms with van der Waals surface area (Å²) in [6.45, 7) is 2.20. The van der Waals surface area contributed by atoms with Crippen molar-refractivity contribution in [3.63, 3.8) is 0 Å². The van der Waals surface area contributed by atoms with Crippen LogP contribution in [0.5, 0.6) is 5.75 Å². The summed E-state index contributed by atoms with van der Waals surface area (Å²) in [6, 6.07) is 11.8. The second kappa shape index (κ2) is 8.64. The Morgan fingerprint density at radius 3 is 2.47 bits per heavy atom. The third-order valence-electron chi connectivity index (χ3n) is 2.74. The molecule has 2 nitrogen and oxygen atoms in total. The summed E-state index contributed by atoms with van der Waals surface area (Å²) in [4.78, 5) is 0. The molecule has 0 saturated carbocycles. The van der Waals surface area contributed by atoms with Gasteiger partial charge in [0.2, 0.25) is 0 Å². The average Bonchev–Trinajstić information content (AvgIpc) is 2.38. The highest BCUT2D eigenvalue weighted by Gasteiger charge is 2.08. The molecule has 0 aliphatic rings. The molecule has 0 amide bonds. The summed E-state index contributed by atoms with van der Waals surface area (Å²) >= 11 is 0.